The molecule has 1 aliphatic rings. The van der Waals surface area contributed by atoms with E-state index in [1.807, 2.05) is 0 Å². The number of hydrogen-bond acceptors (Lipinski definition) is 2. The summed E-state index contributed by atoms with van der Waals surface area (Å²) in [5, 5.41) is 3.28. The third-order valence-electron chi connectivity index (χ3n) is 3.64. The summed E-state index contributed by atoms with van der Waals surface area (Å²) in [5.74, 6) is -3.85. The number of anilines is 1. The summed E-state index contributed by atoms with van der Waals surface area (Å²) in [4.78, 5) is 4.20. The van der Waals surface area contributed by atoms with Gasteiger partial charge in [0.05, 0.1) is 0 Å². The van der Waals surface area contributed by atoms with Gasteiger partial charge >= 0.3 is 0 Å². The van der Waals surface area contributed by atoms with E-state index >= 15 is 0 Å². The molecule has 0 bridgehead atoms. The van der Waals surface area contributed by atoms with Gasteiger partial charge in [-0.25, -0.2) is 18.2 Å². The van der Waals surface area contributed by atoms with E-state index in [2.05, 4.69) is 10.3 Å². The molecular formula is C14H13F3N2. The van der Waals surface area contributed by atoms with E-state index in [1.165, 1.54) is 0 Å². The maximum absolute atomic E-state index is 13.8. The largest absolute Gasteiger partial charge is 0.387 e. The predicted molar refractivity (Wildman–Crippen MR) is 67.8 cm³/mol. The number of benzene rings is 1. The SMILES string of the molecule is CNc1c2c(nc3c(F)c(F)c(F)cc13)CCCC2. The van der Waals surface area contributed by atoms with Crippen LogP contribution in [0.3, 0.4) is 0 Å². The van der Waals surface area contributed by atoms with Crippen molar-refractivity contribution in [2.75, 3.05) is 12.4 Å². The maximum atomic E-state index is 13.8. The standard InChI is InChI=1S/C14H13F3N2/c1-18-13-7-4-2-3-5-10(7)19-14-8(13)6-9(15)11(16)12(14)17/h6H,2-5H2,1H3,(H,18,19). The molecule has 100 valence electrons. The van der Waals surface area contributed by atoms with Crippen LogP contribution in [0.5, 0.6) is 0 Å². The van der Waals surface area contributed by atoms with Crippen LogP contribution in [0.15, 0.2) is 6.07 Å². The molecule has 0 atom stereocenters. The lowest BCUT2D eigenvalue weighted by Crippen LogP contribution is -2.11. The topological polar surface area (TPSA) is 24.9 Å². The first-order valence-corrected chi connectivity index (χ1v) is 6.30. The lowest BCUT2D eigenvalue weighted by Gasteiger charge is -2.20. The molecule has 0 saturated heterocycles. The minimum Gasteiger partial charge on any atom is -0.387 e. The molecule has 0 fully saturated rings. The molecule has 1 aliphatic carbocycles. The second kappa shape index (κ2) is 4.40. The van der Waals surface area contributed by atoms with Gasteiger partial charge in [0.15, 0.2) is 17.5 Å². The zero-order chi connectivity index (χ0) is 13.6. The Labute approximate surface area is 108 Å². The highest BCUT2D eigenvalue weighted by Crippen LogP contribution is 2.35. The third kappa shape index (κ3) is 1.76. The highest BCUT2D eigenvalue weighted by atomic mass is 19.2. The molecule has 0 radical (unpaired) electrons. The van der Waals surface area contributed by atoms with Crippen LogP contribution in [0.1, 0.15) is 24.1 Å². The Bertz CT molecular complexity index is 668. The van der Waals surface area contributed by atoms with Gasteiger partial charge < -0.3 is 5.32 Å². The van der Waals surface area contributed by atoms with Gasteiger partial charge in [0, 0.05) is 23.8 Å². The van der Waals surface area contributed by atoms with Crippen LogP contribution in [0, 0.1) is 17.5 Å². The highest BCUT2D eigenvalue weighted by Gasteiger charge is 2.22. The Morgan fingerprint density at radius 1 is 1.11 bits per heavy atom. The monoisotopic (exact) mass is 266 g/mol. The van der Waals surface area contributed by atoms with E-state index in [-0.39, 0.29) is 5.52 Å². The van der Waals surface area contributed by atoms with Crippen molar-refractivity contribution in [3.63, 3.8) is 0 Å². The van der Waals surface area contributed by atoms with Gasteiger partial charge in [0.1, 0.15) is 5.52 Å². The second-order valence-corrected chi connectivity index (χ2v) is 4.75. The van der Waals surface area contributed by atoms with Crippen molar-refractivity contribution in [1.82, 2.24) is 4.98 Å². The lowest BCUT2D eigenvalue weighted by atomic mass is 9.92. The van der Waals surface area contributed by atoms with Crippen molar-refractivity contribution in [2.24, 2.45) is 0 Å². The Morgan fingerprint density at radius 3 is 2.58 bits per heavy atom. The van der Waals surface area contributed by atoms with Crippen molar-refractivity contribution in [2.45, 2.75) is 25.7 Å². The molecule has 1 aromatic heterocycles. The zero-order valence-corrected chi connectivity index (χ0v) is 10.5. The molecule has 1 heterocycles. The number of fused-ring (bicyclic) bond motifs is 2. The van der Waals surface area contributed by atoms with E-state index in [0.29, 0.717) is 11.1 Å². The number of hydrogen-bond donors (Lipinski definition) is 1. The molecule has 3 rings (SSSR count). The summed E-state index contributed by atoms with van der Waals surface area (Å²) < 4.78 is 40.5. The fraction of sp³-hybridized carbons (Fsp3) is 0.357. The maximum Gasteiger partial charge on any atom is 0.196 e. The van der Waals surface area contributed by atoms with Crippen molar-refractivity contribution in [1.29, 1.82) is 0 Å². The minimum absolute atomic E-state index is 0.0936. The van der Waals surface area contributed by atoms with E-state index < -0.39 is 17.5 Å². The fourth-order valence-electron chi connectivity index (χ4n) is 2.75. The van der Waals surface area contributed by atoms with Gasteiger partial charge in [-0.1, -0.05) is 0 Å². The number of pyridine rings is 1. The average Bonchev–Trinajstić information content (AvgIpc) is 2.43. The van der Waals surface area contributed by atoms with Crippen LogP contribution >= 0.6 is 0 Å². The number of nitrogens with zero attached hydrogens (tertiary/aromatic N) is 1. The fourth-order valence-corrected chi connectivity index (χ4v) is 2.75. The Balaban J connectivity index is 2.43. The summed E-state index contributed by atoms with van der Waals surface area (Å²) in [7, 11) is 1.70. The van der Waals surface area contributed by atoms with Crippen molar-refractivity contribution in [3.05, 3.63) is 34.8 Å². The zero-order valence-electron chi connectivity index (χ0n) is 10.5. The molecule has 0 unspecified atom stereocenters. The van der Waals surface area contributed by atoms with Crippen molar-refractivity contribution in [3.8, 4) is 0 Å². The summed E-state index contributed by atoms with van der Waals surface area (Å²) >= 11 is 0. The Kier molecular flexibility index (Phi) is 2.84. The lowest BCUT2D eigenvalue weighted by molar-refractivity contribution is 0.452. The Morgan fingerprint density at radius 2 is 1.84 bits per heavy atom. The molecular weight excluding hydrogens is 253 g/mol. The number of aromatic nitrogens is 1. The van der Waals surface area contributed by atoms with Crippen LogP contribution in [-0.4, -0.2) is 12.0 Å². The van der Waals surface area contributed by atoms with Gasteiger partial charge in [0.2, 0.25) is 0 Å². The minimum atomic E-state index is -1.46. The molecule has 5 heteroatoms. The summed E-state index contributed by atoms with van der Waals surface area (Å²) in [6.45, 7) is 0. The number of halogens is 3. The van der Waals surface area contributed by atoms with Crippen LogP contribution in [-0.2, 0) is 12.8 Å². The molecule has 0 spiro atoms. The van der Waals surface area contributed by atoms with Crippen molar-refractivity contribution >= 4 is 16.6 Å². The van der Waals surface area contributed by atoms with Gasteiger partial charge in [0.25, 0.3) is 0 Å². The number of rotatable bonds is 1. The molecule has 0 aliphatic heterocycles. The second-order valence-electron chi connectivity index (χ2n) is 4.75. The Hall–Kier alpha value is -1.78. The van der Waals surface area contributed by atoms with E-state index in [9.17, 15) is 13.2 Å². The number of aryl methyl sites for hydroxylation is 1. The van der Waals surface area contributed by atoms with Crippen LogP contribution in [0.4, 0.5) is 18.9 Å². The molecule has 0 amide bonds. The first kappa shape index (κ1) is 12.3. The molecule has 19 heavy (non-hydrogen) atoms. The first-order chi connectivity index (χ1) is 9.13. The quantitative estimate of drug-likeness (QED) is 0.798. The van der Waals surface area contributed by atoms with Crippen LogP contribution in [0.2, 0.25) is 0 Å². The molecule has 2 nitrogen and oxygen atoms in total. The summed E-state index contributed by atoms with van der Waals surface area (Å²) in [5.41, 5.74) is 2.35. The van der Waals surface area contributed by atoms with E-state index in [4.69, 9.17) is 0 Å². The van der Waals surface area contributed by atoms with Gasteiger partial charge in [-0.3, -0.25) is 0 Å². The van der Waals surface area contributed by atoms with Gasteiger partial charge in [-0.05, 0) is 37.3 Å². The molecule has 2 aromatic rings. The highest BCUT2D eigenvalue weighted by molar-refractivity contribution is 5.94. The van der Waals surface area contributed by atoms with Gasteiger partial charge in [-0.15, -0.1) is 0 Å². The smallest absolute Gasteiger partial charge is 0.196 e. The van der Waals surface area contributed by atoms with Crippen molar-refractivity contribution < 1.29 is 13.2 Å². The van der Waals surface area contributed by atoms with Crippen LogP contribution in [0.25, 0.3) is 10.9 Å². The summed E-state index contributed by atoms with van der Waals surface area (Å²) in [6.07, 6.45) is 3.59. The predicted octanol–water partition coefficient (Wildman–Crippen LogP) is 3.57. The summed E-state index contributed by atoms with van der Waals surface area (Å²) in [6, 6.07) is 1.02. The molecule has 0 saturated carbocycles. The third-order valence-corrected chi connectivity index (χ3v) is 3.64. The van der Waals surface area contributed by atoms with E-state index in [0.717, 1.165) is 43.0 Å². The van der Waals surface area contributed by atoms with E-state index in [1.54, 1.807) is 7.05 Å². The van der Waals surface area contributed by atoms with Crippen LogP contribution < -0.4 is 5.32 Å². The molecule has 1 aromatic carbocycles. The number of nitrogens with one attached hydrogen (secondary N) is 1. The normalized spacial score (nSPS) is 14.5. The molecule has 1 N–H and O–H groups in total. The average molecular weight is 266 g/mol. The van der Waals surface area contributed by atoms with Gasteiger partial charge in [-0.2, -0.15) is 0 Å². The first-order valence-electron chi connectivity index (χ1n) is 6.30.